The van der Waals surface area contributed by atoms with Crippen LogP contribution in [-0.2, 0) is 31.9 Å². The quantitative estimate of drug-likeness (QED) is 0.440. The van der Waals surface area contributed by atoms with Crippen molar-refractivity contribution in [2.75, 3.05) is 25.1 Å². The van der Waals surface area contributed by atoms with Gasteiger partial charge in [-0.25, -0.2) is 9.78 Å². The van der Waals surface area contributed by atoms with Crippen molar-refractivity contribution in [3.8, 4) is 0 Å². The SMILES string of the molecule is O=C(O)[C@H](CCO[C@H]1C[C@H](CCc2ccc3c(n2)NCCC3)C1)NC(=O)C1(C2CCCCO2)CC1. The normalized spacial score (nSPS) is 27.6. The number of fused-ring (bicyclic) bond motifs is 1. The van der Waals surface area contributed by atoms with Gasteiger partial charge in [0.1, 0.15) is 11.9 Å². The topological polar surface area (TPSA) is 110 Å². The van der Waals surface area contributed by atoms with Crippen molar-refractivity contribution in [2.24, 2.45) is 11.3 Å². The number of rotatable bonds is 11. The highest BCUT2D eigenvalue weighted by Gasteiger charge is 2.57. The Morgan fingerprint density at radius 3 is 2.86 bits per heavy atom. The number of nitrogens with one attached hydrogen (secondary N) is 2. The lowest BCUT2D eigenvalue weighted by Crippen LogP contribution is -2.49. The van der Waals surface area contributed by atoms with Gasteiger partial charge in [-0.1, -0.05) is 6.07 Å². The fraction of sp³-hybridized carbons (Fsp3) is 0.741. The summed E-state index contributed by atoms with van der Waals surface area (Å²) in [7, 11) is 0. The first-order valence-electron chi connectivity index (χ1n) is 13.5. The van der Waals surface area contributed by atoms with Gasteiger partial charge in [-0.2, -0.15) is 0 Å². The third kappa shape index (κ3) is 5.80. The van der Waals surface area contributed by atoms with Crippen molar-refractivity contribution in [3.63, 3.8) is 0 Å². The Labute approximate surface area is 207 Å². The van der Waals surface area contributed by atoms with Gasteiger partial charge in [-0.05, 0) is 88.2 Å². The second-order valence-corrected chi connectivity index (χ2v) is 10.9. The van der Waals surface area contributed by atoms with E-state index in [9.17, 15) is 14.7 Å². The summed E-state index contributed by atoms with van der Waals surface area (Å²) in [5.41, 5.74) is 1.95. The predicted molar refractivity (Wildman–Crippen MR) is 131 cm³/mol. The molecule has 192 valence electrons. The van der Waals surface area contributed by atoms with E-state index in [1.54, 1.807) is 0 Å². The molecule has 2 aliphatic heterocycles. The van der Waals surface area contributed by atoms with Crippen LogP contribution in [0.3, 0.4) is 0 Å². The maximum Gasteiger partial charge on any atom is 0.326 e. The number of aromatic nitrogens is 1. The first-order chi connectivity index (χ1) is 17.0. The highest BCUT2D eigenvalue weighted by atomic mass is 16.5. The van der Waals surface area contributed by atoms with Gasteiger partial charge < -0.3 is 25.2 Å². The minimum absolute atomic E-state index is 0.0679. The summed E-state index contributed by atoms with van der Waals surface area (Å²) >= 11 is 0. The van der Waals surface area contributed by atoms with Crippen LogP contribution in [0.1, 0.15) is 75.5 Å². The van der Waals surface area contributed by atoms with E-state index in [-0.39, 0.29) is 24.5 Å². The van der Waals surface area contributed by atoms with Crippen molar-refractivity contribution < 1.29 is 24.2 Å². The number of hydrogen-bond donors (Lipinski definition) is 3. The molecule has 1 unspecified atom stereocenters. The van der Waals surface area contributed by atoms with E-state index in [4.69, 9.17) is 14.5 Å². The molecule has 0 radical (unpaired) electrons. The summed E-state index contributed by atoms with van der Waals surface area (Å²) in [4.78, 5) is 29.5. The molecule has 0 bridgehead atoms. The standard InChI is InChI=1S/C27H39N3O5/c31-25(32)22(30-26(33)27(11-12-27)23-5-1-2-14-35-23)10-15-34-21-16-18(17-21)6-8-20-9-7-19-4-3-13-28-24(19)29-20/h7,9,18,21-23H,1-6,8,10-17H2,(H,28,29)(H,30,33)(H,31,32)/t18-,21-,22-,23?/m0/s1. The molecule has 5 rings (SSSR count). The number of hydrogen-bond acceptors (Lipinski definition) is 6. The number of aliphatic carboxylic acids is 1. The van der Waals surface area contributed by atoms with Crippen LogP contribution in [0.4, 0.5) is 5.82 Å². The van der Waals surface area contributed by atoms with Gasteiger partial charge in [0.25, 0.3) is 0 Å². The molecule has 2 atom stereocenters. The number of carboxylic acids is 1. The van der Waals surface area contributed by atoms with Crippen LogP contribution in [0.5, 0.6) is 0 Å². The van der Waals surface area contributed by atoms with Crippen molar-refractivity contribution in [1.29, 1.82) is 0 Å². The Balaban J connectivity index is 0.999. The van der Waals surface area contributed by atoms with Crippen molar-refractivity contribution >= 4 is 17.7 Å². The van der Waals surface area contributed by atoms with E-state index in [0.717, 1.165) is 82.3 Å². The minimum atomic E-state index is -0.999. The number of ether oxygens (including phenoxy) is 2. The van der Waals surface area contributed by atoms with E-state index in [2.05, 4.69) is 22.8 Å². The average molecular weight is 486 g/mol. The molecule has 3 heterocycles. The number of aryl methyl sites for hydroxylation is 2. The molecule has 4 aliphatic rings. The number of carbonyl (C=O) groups is 2. The molecular weight excluding hydrogens is 446 g/mol. The summed E-state index contributed by atoms with van der Waals surface area (Å²) in [6.07, 6.45) is 11.4. The van der Waals surface area contributed by atoms with Gasteiger partial charge >= 0.3 is 5.97 Å². The average Bonchev–Trinajstić information content (AvgIpc) is 3.66. The number of carboxylic acid groups (broad SMARTS) is 1. The van der Waals surface area contributed by atoms with E-state index >= 15 is 0 Å². The van der Waals surface area contributed by atoms with Gasteiger partial charge in [-0.3, -0.25) is 4.79 Å². The highest BCUT2D eigenvalue weighted by Crippen LogP contribution is 2.52. The summed E-state index contributed by atoms with van der Waals surface area (Å²) in [6.45, 7) is 2.05. The summed E-state index contributed by atoms with van der Waals surface area (Å²) in [5.74, 6) is 0.529. The molecule has 0 spiro atoms. The van der Waals surface area contributed by atoms with Crippen molar-refractivity contribution in [2.45, 2.75) is 95.3 Å². The number of anilines is 1. The minimum Gasteiger partial charge on any atom is -0.480 e. The highest BCUT2D eigenvalue weighted by molar-refractivity contribution is 5.89. The number of carbonyl (C=O) groups excluding carboxylic acids is 1. The van der Waals surface area contributed by atoms with Gasteiger partial charge in [0.15, 0.2) is 0 Å². The Kier molecular flexibility index (Phi) is 7.58. The van der Waals surface area contributed by atoms with Gasteiger partial charge in [0, 0.05) is 31.9 Å². The molecule has 1 amide bonds. The number of pyridine rings is 1. The molecular formula is C27H39N3O5. The maximum absolute atomic E-state index is 12.9. The maximum atomic E-state index is 12.9. The van der Waals surface area contributed by atoms with Gasteiger partial charge in [-0.15, -0.1) is 0 Å². The molecule has 3 fully saturated rings. The zero-order valence-corrected chi connectivity index (χ0v) is 20.6. The van der Waals surface area contributed by atoms with Crippen LogP contribution < -0.4 is 10.6 Å². The number of nitrogens with zero attached hydrogens (tertiary/aromatic N) is 1. The van der Waals surface area contributed by atoms with Crippen LogP contribution in [-0.4, -0.2) is 60.0 Å². The van der Waals surface area contributed by atoms with Crippen LogP contribution >= 0.6 is 0 Å². The van der Waals surface area contributed by atoms with Gasteiger partial charge in [0.2, 0.25) is 5.91 Å². The summed E-state index contributed by atoms with van der Waals surface area (Å²) in [6, 6.07) is 3.45. The summed E-state index contributed by atoms with van der Waals surface area (Å²) < 4.78 is 11.8. The van der Waals surface area contributed by atoms with Crippen LogP contribution in [0.2, 0.25) is 0 Å². The molecule has 2 aliphatic carbocycles. The smallest absolute Gasteiger partial charge is 0.326 e. The molecule has 1 aromatic heterocycles. The first kappa shape index (κ1) is 24.5. The van der Waals surface area contributed by atoms with Crippen LogP contribution in [0.15, 0.2) is 12.1 Å². The molecule has 1 saturated heterocycles. The second-order valence-electron chi connectivity index (χ2n) is 10.9. The predicted octanol–water partition coefficient (Wildman–Crippen LogP) is 3.48. The third-order valence-electron chi connectivity index (χ3n) is 8.35. The van der Waals surface area contributed by atoms with Crippen LogP contribution in [0, 0.1) is 11.3 Å². The van der Waals surface area contributed by atoms with Crippen molar-refractivity contribution in [3.05, 3.63) is 23.4 Å². The Hall–Kier alpha value is -2.19. The second kappa shape index (κ2) is 10.8. The van der Waals surface area contributed by atoms with Crippen LogP contribution in [0.25, 0.3) is 0 Å². The Morgan fingerprint density at radius 2 is 2.11 bits per heavy atom. The molecule has 2 saturated carbocycles. The summed E-state index contributed by atoms with van der Waals surface area (Å²) in [5, 5.41) is 15.8. The fourth-order valence-corrected chi connectivity index (χ4v) is 5.82. The van der Waals surface area contributed by atoms with E-state index in [0.29, 0.717) is 19.1 Å². The molecule has 8 heteroatoms. The molecule has 35 heavy (non-hydrogen) atoms. The lowest BCUT2D eigenvalue weighted by atomic mass is 9.79. The lowest BCUT2D eigenvalue weighted by Gasteiger charge is -2.35. The zero-order chi connectivity index (χ0) is 24.3. The van der Waals surface area contributed by atoms with E-state index in [1.165, 1.54) is 12.0 Å². The van der Waals surface area contributed by atoms with E-state index < -0.39 is 17.4 Å². The molecule has 8 nitrogen and oxygen atoms in total. The molecule has 0 aromatic carbocycles. The Morgan fingerprint density at radius 1 is 1.26 bits per heavy atom. The largest absolute Gasteiger partial charge is 0.480 e. The first-order valence-corrected chi connectivity index (χ1v) is 13.5. The fourth-order valence-electron chi connectivity index (χ4n) is 5.82. The lowest BCUT2D eigenvalue weighted by molar-refractivity contribution is -0.146. The van der Waals surface area contributed by atoms with E-state index in [1.807, 2.05) is 0 Å². The monoisotopic (exact) mass is 485 g/mol. The third-order valence-corrected chi connectivity index (χ3v) is 8.35. The molecule has 1 aromatic rings. The number of amides is 1. The zero-order valence-electron chi connectivity index (χ0n) is 20.6. The Bertz CT molecular complexity index is 906. The van der Waals surface area contributed by atoms with Gasteiger partial charge in [0.05, 0.1) is 17.6 Å². The van der Waals surface area contributed by atoms with Crippen molar-refractivity contribution in [1.82, 2.24) is 10.3 Å². The molecule has 3 N–H and O–H groups in total.